The van der Waals surface area contributed by atoms with Crippen molar-refractivity contribution in [1.82, 2.24) is 9.38 Å². The van der Waals surface area contributed by atoms with E-state index in [0.29, 0.717) is 11.6 Å². The topological polar surface area (TPSA) is 46.4 Å². The monoisotopic (exact) mass is 307 g/mol. The molecule has 3 rings (SSSR count). The average molecular weight is 307 g/mol. The van der Waals surface area contributed by atoms with E-state index in [1.807, 2.05) is 60.8 Å². The standard InChI is InChI=1S/C19H21N3O/c1-12(2)15-7-5-6-8-16(15)21-19(23)18-14(4)20-17-11-13(3)9-10-22(17)18/h5-12H,1-4H3,(H,21,23). The zero-order valence-corrected chi connectivity index (χ0v) is 13.9. The number of nitrogens with zero attached hydrogens (tertiary/aromatic N) is 2. The third-order valence-electron chi connectivity index (χ3n) is 4.00. The van der Waals surface area contributed by atoms with Gasteiger partial charge in [0.25, 0.3) is 5.91 Å². The van der Waals surface area contributed by atoms with Crippen LogP contribution in [0, 0.1) is 13.8 Å². The van der Waals surface area contributed by atoms with E-state index >= 15 is 0 Å². The molecule has 0 saturated carbocycles. The molecule has 0 atom stereocenters. The molecular weight excluding hydrogens is 286 g/mol. The number of rotatable bonds is 3. The lowest BCUT2D eigenvalue weighted by Gasteiger charge is -2.13. The number of anilines is 1. The van der Waals surface area contributed by atoms with Crippen molar-refractivity contribution in [2.24, 2.45) is 0 Å². The lowest BCUT2D eigenvalue weighted by Crippen LogP contribution is -2.17. The number of amides is 1. The van der Waals surface area contributed by atoms with E-state index in [4.69, 9.17) is 0 Å². The van der Waals surface area contributed by atoms with Crippen molar-refractivity contribution in [3.8, 4) is 0 Å². The van der Waals surface area contributed by atoms with Crippen LogP contribution in [0.1, 0.15) is 47.1 Å². The van der Waals surface area contributed by atoms with E-state index in [-0.39, 0.29) is 5.91 Å². The number of imidazole rings is 1. The summed E-state index contributed by atoms with van der Waals surface area (Å²) >= 11 is 0. The van der Waals surface area contributed by atoms with Gasteiger partial charge in [-0.25, -0.2) is 4.98 Å². The van der Waals surface area contributed by atoms with Gasteiger partial charge >= 0.3 is 0 Å². The summed E-state index contributed by atoms with van der Waals surface area (Å²) in [4.78, 5) is 17.3. The Balaban J connectivity index is 2.01. The Labute approximate surface area is 136 Å². The largest absolute Gasteiger partial charge is 0.320 e. The second kappa shape index (κ2) is 5.88. The minimum atomic E-state index is -0.132. The van der Waals surface area contributed by atoms with Crippen LogP contribution in [0.2, 0.25) is 0 Å². The van der Waals surface area contributed by atoms with Gasteiger partial charge in [0.05, 0.1) is 5.69 Å². The molecule has 0 aliphatic carbocycles. The van der Waals surface area contributed by atoms with Crippen LogP contribution in [-0.2, 0) is 0 Å². The van der Waals surface area contributed by atoms with Crippen LogP contribution in [0.4, 0.5) is 5.69 Å². The SMILES string of the molecule is Cc1ccn2c(C(=O)Nc3ccccc3C(C)C)c(C)nc2c1. The number of hydrogen-bond donors (Lipinski definition) is 1. The number of pyridine rings is 1. The predicted molar refractivity (Wildman–Crippen MR) is 93.2 cm³/mol. The zero-order valence-electron chi connectivity index (χ0n) is 13.9. The number of benzene rings is 1. The van der Waals surface area contributed by atoms with E-state index in [9.17, 15) is 4.79 Å². The highest BCUT2D eigenvalue weighted by molar-refractivity contribution is 6.04. The molecule has 1 N–H and O–H groups in total. The van der Waals surface area contributed by atoms with Crippen LogP contribution in [0.25, 0.3) is 5.65 Å². The van der Waals surface area contributed by atoms with Crippen molar-refractivity contribution in [1.29, 1.82) is 0 Å². The molecule has 118 valence electrons. The van der Waals surface area contributed by atoms with Crippen molar-refractivity contribution in [2.75, 3.05) is 5.32 Å². The van der Waals surface area contributed by atoms with Gasteiger partial charge in [0, 0.05) is 11.9 Å². The lowest BCUT2D eigenvalue weighted by atomic mass is 10.0. The smallest absolute Gasteiger partial charge is 0.274 e. The molecule has 0 radical (unpaired) electrons. The molecule has 0 bridgehead atoms. The van der Waals surface area contributed by atoms with Gasteiger partial charge in [-0.1, -0.05) is 32.0 Å². The van der Waals surface area contributed by atoms with Crippen molar-refractivity contribution in [3.05, 3.63) is 65.1 Å². The second-order valence-electron chi connectivity index (χ2n) is 6.17. The first kappa shape index (κ1) is 15.3. The molecule has 3 aromatic rings. The maximum atomic E-state index is 12.8. The number of aryl methyl sites for hydroxylation is 2. The molecule has 1 aromatic carbocycles. The highest BCUT2D eigenvalue weighted by atomic mass is 16.2. The number of aromatic nitrogens is 2. The normalized spacial score (nSPS) is 11.2. The number of hydrogen-bond acceptors (Lipinski definition) is 2. The van der Waals surface area contributed by atoms with Gasteiger partial charge in [-0.3, -0.25) is 9.20 Å². The third-order valence-corrected chi connectivity index (χ3v) is 4.00. The van der Waals surface area contributed by atoms with Crippen molar-refractivity contribution in [3.63, 3.8) is 0 Å². The van der Waals surface area contributed by atoms with Crippen LogP contribution in [0.15, 0.2) is 42.6 Å². The van der Waals surface area contributed by atoms with Gasteiger partial charge in [-0.05, 0) is 49.1 Å². The second-order valence-corrected chi connectivity index (χ2v) is 6.17. The van der Waals surface area contributed by atoms with E-state index < -0.39 is 0 Å². The summed E-state index contributed by atoms with van der Waals surface area (Å²) in [5, 5.41) is 3.04. The van der Waals surface area contributed by atoms with E-state index in [1.165, 1.54) is 0 Å². The number of nitrogens with one attached hydrogen (secondary N) is 1. The molecule has 0 unspecified atom stereocenters. The number of carbonyl (C=O) groups is 1. The Bertz CT molecular complexity index is 877. The summed E-state index contributed by atoms with van der Waals surface area (Å²) in [6, 6.07) is 11.9. The summed E-state index contributed by atoms with van der Waals surface area (Å²) in [5.74, 6) is 0.212. The van der Waals surface area contributed by atoms with Crippen LogP contribution in [-0.4, -0.2) is 15.3 Å². The molecule has 0 aliphatic heterocycles. The maximum Gasteiger partial charge on any atom is 0.274 e. The Hall–Kier alpha value is -2.62. The Morgan fingerprint density at radius 2 is 1.91 bits per heavy atom. The lowest BCUT2D eigenvalue weighted by molar-refractivity contribution is 0.102. The molecule has 1 amide bonds. The molecule has 0 saturated heterocycles. The highest BCUT2D eigenvalue weighted by Crippen LogP contribution is 2.24. The van der Waals surface area contributed by atoms with Gasteiger partial charge in [-0.2, -0.15) is 0 Å². The maximum absolute atomic E-state index is 12.8. The van der Waals surface area contributed by atoms with Crippen LogP contribution >= 0.6 is 0 Å². The molecule has 2 heterocycles. The van der Waals surface area contributed by atoms with Gasteiger partial charge in [0.2, 0.25) is 0 Å². The molecule has 0 fully saturated rings. The molecular formula is C19H21N3O. The highest BCUT2D eigenvalue weighted by Gasteiger charge is 2.18. The van der Waals surface area contributed by atoms with E-state index in [1.54, 1.807) is 0 Å². The molecule has 23 heavy (non-hydrogen) atoms. The van der Waals surface area contributed by atoms with Crippen LogP contribution in [0.3, 0.4) is 0 Å². The van der Waals surface area contributed by atoms with Gasteiger partial charge in [0.1, 0.15) is 11.3 Å². The Kier molecular flexibility index (Phi) is 3.90. The van der Waals surface area contributed by atoms with Gasteiger partial charge < -0.3 is 5.32 Å². The molecule has 4 heteroatoms. The predicted octanol–water partition coefficient (Wildman–Crippen LogP) is 4.33. The van der Waals surface area contributed by atoms with E-state index in [2.05, 4.69) is 24.1 Å². The molecule has 2 aromatic heterocycles. The minimum Gasteiger partial charge on any atom is -0.320 e. The quantitative estimate of drug-likeness (QED) is 0.783. The minimum absolute atomic E-state index is 0.132. The number of carbonyl (C=O) groups excluding carboxylic acids is 1. The first-order valence-corrected chi connectivity index (χ1v) is 7.83. The molecule has 0 aliphatic rings. The molecule has 4 nitrogen and oxygen atoms in total. The Morgan fingerprint density at radius 3 is 2.65 bits per heavy atom. The Morgan fingerprint density at radius 1 is 1.17 bits per heavy atom. The fourth-order valence-electron chi connectivity index (χ4n) is 2.83. The van der Waals surface area contributed by atoms with Crippen molar-refractivity contribution >= 4 is 17.2 Å². The van der Waals surface area contributed by atoms with Crippen LogP contribution < -0.4 is 5.32 Å². The third kappa shape index (κ3) is 2.84. The van der Waals surface area contributed by atoms with E-state index in [0.717, 1.165) is 28.2 Å². The first-order valence-electron chi connectivity index (χ1n) is 7.83. The number of para-hydroxylation sites is 1. The molecule has 0 spiro atoms. The fourth-order valence-corrected chi connectivity index (χ4v) is 2.83. The summed E-state index contributed by atoms with van der Waals surface area (Å²) in [6.07, 6.45) is 1.90. The van der Waals surface area contributed by atoms with Crippen LogP contribution in [0.5, 0.6) is 0 Å². The van der Waals surface area contributed by atoms with Crippen molar-refractivity contribution < 1.29 is 4.79 Å². The zero-order chi connectivity index (χ0) is 16.6. The summed E-state index contributed by atoms with van der Waals surface area (Å²) < 4.78 is 1.84. The average Bonchev–Trinajstić information content (AvgIpc) is 2.82. The van der Waals surface area contributed by atoms with Gasteiger partial charge in [-0.15, -0.1) is 0 Å². The summed E-state index contributed by atoms with van der Waals surface area (Å²) in [6.45, 7) is 8.12. The fraction of sp³-hybridized carbons (Fsp3) is 0.263. The number of fused-ring (bicyclic) bond motifs is 1. The van der Waals surface area contributed by atoms with Crippen molar-refractivity contribution in [2.45, 2.75) is 33.6 Å². The first-order chi connectivity index (χ1) is 11.0. The summed E-state index contributed by atoms with van der Waals surface area (Å²) in [5.41, 5.74) is 5.22. The van der Waals surface area contributed by atoms with Gasteiger partial charge in [0.15, 0.2) is 0 Å². The summed E-state index contributed by atoms with van der Waals surface area (Å²) in [7, 11) is 0.